The average Bonchev–Trinajstić information content (AvgIpc) is 2.29. The highest BCUT2D eigenvalue weighted by Gasteiger charge is 2.27. The fraction of sp³-hybridized carbons (Fsp3) is 0.545. The summed E-state index contributed by atoms with van der Waals surface area (Å²) in [4.78, 5) is 13.8. The fourth-order valence-corrected chi connectivity index (χ4v) is 1.44. The molecule has 0 bridgehead atoms. The summed E-state index contributed by atoms with van der Waals surface area (Å²) in [6.45, 7) is 1.77. The van der Waals surface area contributed by atoms with Crippen LogP contribution in [-0.2, 0) is 4.74 Å². The predicted octanol–water partition coefficient (Wildman–Crippen LogP) is 2.68. The molecule has 1 atom stereocenters. The summed E-state index contributed by atoms with van der Waals surface area (Å²) >= 11 is 0. The highest BCUT2D eigenvalue weighted by Crippen LogP contribution is 2.19. The zero-order valence-corrected chi connectivity index (χ0v) is 10.9. The number of nitrogens with zero attached hydrogens (tertiary/aromatic N) is 2. The molecule has 0 saturated carbocycles. The van der Waals surface area contributed by atoms with E-state index in [-0.39, 0.29) is 12.3 Å². The molecule has 1 N–H and O–H groups in total. The van der Waals surface area contributed by atoms with Gasteiger partial charge in [-0.3, -0.25) is 10.1 Å². The molecule has 1 rings (SSSR count). The van der Waals surface area contributed by atoms with Crippen LogP contribution in [0.15, 0.2) is 12.3 Å². The number of aromatic nitrogens is 1. The van der Waals surface area contributed by atoms with Crippen molar-refractivity contribution in [1.29, 1.82) is 0 Å². The van der Waals surface area contributed by atoms with E-state index in [0.717, 1.165) is 6.20 Å². The maximum atomic E-state index is 11.9. The van der Waals surface area contributed by atoms with Crippen LogP contribution >= 0.6 is 0 Å². The Balaban J connectivity index is 2.54. The first kappa shape index (κ1) is 16.2. The average molecular weight is 293 g/mol. The van der Waals surface area contributed by atoms with Crippen molar-refractivity contribution < 1.29 is 22.8 Å². The highest BCUT2D eigenvalue weighted by molar-refractivity contribution is 5.48. The molecule has 9 heteroatoms. The van der Waals surface area contributed by atoms with E-state index in [1.54, 1.807) is 13.8 Å². The minimum absolute atomic E-state index is 0.144. The van der Waals surface area contributed by atoms with Crippen molar-refractivity contribution in [3.8, 4) is 0 Å². The van der Waals surface area contributed by atoms with E-state index in [1.165, 1.54) is 6.07 Å². The van der Waals surface area contributed by atoms with Gasteiger partial charge in [-0.2, -0.15) is 13.2 Å². The molecule has 0 fully saturated rings. The lowest BCUT2D eigenvalue weighted by molar-refractivity contribution is -0.385. The number of nitro groups is 1. The molecule has 0 aliphatic heterocycles. The Morgan fingerprint density at radius 3 is 2.70 bits per heavy atom. The van der Waals surface area contributed by atoms with E-state index >= 15 is 0 Å². The van der Waals surface area contributed by atoms with Gasteiger partial charge in [0.2, 0.25) is 0 Å². The zero-order valence-electron chi connectivity index (χ0n) is 10.9. The van der Waals surface area contributed by atoms with Gasteiger partial charge >= 0.3 is 6.18 Å². The predicted molar refractivity (Wildman–Crippen MR) is 65.6 cm³/mol. The van der Waals surface area contributed by atoms with Gasteiger partial charge in [0.1, 0.15) is 18.6 Å². The molecule has 0 aliphatic rings. The van der Waals surface area contributed by atoms with Crippen LogP contribution in [0.5, 0.6) is 0 Å². The van der Waals surface area contributed by atoms with Crippen LogP contribution in [-0.4, -0.2) is 35.3 Å². The topological polar surface area (TPSA) is 77.3 Å². The molecule has 1 aromatic rings. The second-order valence-corrected chi connectivity index (χ2v) is 4.29. The van der Waals surface area contributed by atoms with Crippen molar-refractivity contribution in [2.45, 2.75) is 26.1 Å². The molecule has 0 saturated heterocycles. The monoisotopic (exact) mass is 293 g/mol. The lowest BCUT2D eigenvalue weighted by atomic mass is 10.2. The molecule has 0 aliphatic carbocycles. The molecule has 0 aromatic carbocycles. The summed E-state index contributed by atoms with van der Waals surface area (Å²) in [5.41, 5.74) is 0.385. The van der Waals surface area contributed by atoms with Gasteiger partial charge in [-0.25, -0.2) is 4.98 Å². The molecular weight excluding hydrogens is 279 g/mol. The van der Waals surface area contributed by atoms with Crippen LogP contribution in [0.3, 0.4) is 0 Å². The van der Waals surface area contributed by atoms with Crippen molar-refractivity contribution in [2.24, 2.45) is 0 Å². The smallest absolute Gasteiger partial charge is 0.370 e. The zero-order chi connectivity index (χ0) is 15.3. The van der Waals surface area contributed by atoms with Gasteiger partial charge in [-0.05, 0) is 19.4 Å². The largest absolute Gasteiger partial charge is 0.411 e. The summed E-state index contributed by atoms with van der Waals surface area (Å²) in [6, 6.07) is 0.920. The van der Waals surface area contributed by atoms with Gasteiger partial charge < -0.3 is 10.1 Å². The molecule has 0 amide bonds. The third-order valence-corrected chi connectivity index (χ3v) is 2.29. The maximum absolute atomic E-state index is 11.9. The number of ether oxygens (including phenoxy) is 1. The van der Waals surface area contributed by atoms with Crippen molar-refractivity contribution in [3.63, 3.8) is 0 Å². The van der Waals surface area contributed by atoms with Gasteiger partial charge in [-0.15, -0.1) is 0 Å². The number of rotatable bonds is 6. The van der Waals surface area contributed by atoms with E-state index in [2.05, 4.69) is 15.0 Å². The highest BCUT2D eigenvalue weighted by atomic mass is 19.4. The summed E-state index contributed by atoms with van der Waals surface area (Å²) in [5, 5.41) is 13.4. The lowest BCUT2D eigenvalue weighted by Gasteiger charge is -2.16. The van der Waals surface area contributed by atoms with Gasteiger partial charge in [0.15, 0.2) is 0 Å². The van der Waals surface area contributed by atoms with Crippen LogP contribution in [0.2, 0.25) is 0 Å². The maximum Gasteiger partial charge on any atom is 0.411 e. The van der Waals surface area contributed by atoms with Crippen molar-refractivity contribution >= 4 is 11.5 Å². The van der Waals surface area contributed by atoms with Gasteiger partial charge in [0, 0.05) is 12.1 Å². The first-order chi connectivity index (χ1) is 9.19. The molecule has 20 heavy (non-hydrogen) atoms. The van der Waals surface area contributed by atoms with Crippen LogP contribution in [0.4, 0.5) is 24.7 Å². The quantitative estimate of drug-likeness (QED) is 0.644. The Kier molecular flexibility index (Phi) is 5.26. The summed E-state index contributed by atoms with van der Waals surface area (Å²) in [5.74, 6) is 0.374. The van der Waals surface area contributed by atoms with E-state index in [4.69, 9.17) is 0 Å². The van der Waals surface area contributed by atoms with Crippen LogP contribution in [0, 0.1) is 17.0 Å². The molecule has 0 spiro atoms. The SMILES string of the molecule is Cc1cc([N+](=O)[O-])cnc1N[C@H](C)COCC(F)(F)F. The Morgan fingerprint density at radius 2 is 2.20 bits per heavy atom. The third kappa shape index (κ3) is 5.39. The van der Waals surface area contributed by atoms with Crippen LogP contribution in [0.1, 0.15) is 12.5 Å². The normalized spacial score (nSPS) is 13.1. The van der Waals surface area contributed by atoms with Crippen LogP contribution < -0.4 is 5.32 Å². The van der Waals surface area contributed by atoms with Gasteiger partial charge in [-0.1, -0.05) is 0 Å². The Hall–Kier alpha value is -1.90. The Morgan fingerprint density at radius 1 is 1.55 bits per heavy atom. The second-order valence-electron chi connectivity index (χ2n) is 4.29. The van der Waals surface area contributed by atoms with E-state index < -0.39 is 23.7 Å². The van der Waals surface area contributed by atoms with Gasteiger partial charge in [0.05, 0.1) is 11.5 Å². The van der Waals surface area contributed by atoms with E-state index in [9.17, 15) is 23.3 Å². The minimum atomic E-state index is -4.36. The molecule has 1 aromatic heterocycles. The van der Waals surface area contributed by atoms with Crippen molar-refractivity contribution in [1.82, 2.24) is 4.98 Å². The van der Waals surface area contributed by atoms with Gasteiger partial charge in [0.25, 0.3) is 5.69 Å². The number of aryl methyl sites for hydroxylation is 1. The van der Waals surface area contributed by atoms with Crippen molar-refractivity contribution in [3.05, 3.63) is 27.9 Å². The molecule has 1 heterocycles. The number of nitrogens with one attached hydrogen (secondary N) is 1. The Labute approximate surface area is 113 Å². The Bertz CT molecular complexity index is 480. The number of anilines is 1. The second kappa shape index (κ2) is 6.51. The molecule has 6 nitrogen and oxygen atoms in total. The number of alkyl halides is 3. The van der Waals surface area contributed by atoms with Crippen LogP contribution in [0.25, 0.3) is 0 Å². The van der Waals surface area contributed by atoms with E-state index in [0.29, 0.717) is 11.4 Å². The van der Waals surface area contributed by atoms with Crippen molar-refractivity contribution in [2.75, 3.05) is 18.5 Å². The lowest BCUT2D eigenvalue weighted by Crippen LogP contribution is -2.26. The number of halogens is 3. The molecule has 0 unspecified atom stereocenters. The summed E-state index contributed by atoms with van der Waals surface area (Å²) in [7, 11) is 0. The standard InChI is InChI=1S/C11H14F3N3O3/c1-7-3-9(17(18)19)4-15-10(7)16-8(2)5-20-6-11(12,13)14/h3-4,8H,5-6H2,1-2H3,(H,15,16)/t8-/m1/s1. The fourth-order valence-electron chi connectivity index (χ4n) is 1.44. The summed E-state index contributed by atoms with van der Waals surface area (Å²) in [6.07, 6.45) is -3.28. The number of hydrogen-bond donors (Lipinski definition) is 1. The third-order valence-electron chi connectivity index (χ3n) is 2.29. The first-order valence-corrected chi connectivity index (χ1v) is 5.71. The minimum Gasteiger partial charge on any atom is -0.370 e. The summed E-state index contributed by atoms with van der Waals surface area (Å²) < 4.78 is 40.2. The number of hydrogen-bond acceptors (Lipinski definition) is 5. The first-order valence-electron chi connectivity index (χ1n) is 5.71. The molecule has 112 valence electrons. The number of pyridine rings is 1. The molecule has 0 radical (unpaired) electrons. The van der Waals surface area contributed by atoms with E-state index in [1.807, 2.05) is 0 Å². The molecular formula is C11H14F3N3O3.